The number of hydrogen-bond acceptors (Lipinski definition) is 5. The van der Waals surface area contributed by atoms with Gasteiger partial charge in [0.05, 0.1) is 13.2 Å². The van der Waals surface area contributed by atoms with Crippen LogP contribution in [0.2, 0.25) is 5.02 Å². The van der Waals surface area contributed by atoms with Crippen LogP contribution in [0.4, 0.5) is 10.1 Å². The van der Waals surface area contributed by atoms with Crippen molar-refractivity contribution in [1.82, 2.24) is 4.98 Å². The second-order valence-corrected chi connectivity index (χ2v) is 14.2. The normalized spacial score (nSPS) is 26.2. The Balaban J connectivity index is 1.25. The van der Waals surface area contributed by atoms with Crippen LogP contribution in [-0.2, 0) is 34.4 Å². The molecule has 0 unspecified atom stereocenters. The predicted octanol–water partition coefficient (Wildman–Crippen LogP) is 8.49. The molecule has 0 amide bonds. The Morgan fingerprint density at radius 2 is 2.00 bits per heavy atom. The van der Waals surface area contributed by atoms with Gasteiger partial charge in [0, 0.05) is 40.8 Å². The molecule has 2 aromatic carbocycles. The minimum Gasteiger partial charge on any atom is -0.493 e. The summed E-state index contributed by atoms with van der Waals surface area (Å²) in [6.07, 6.45) is 9.13. The highest BCUT2D eigenvalue weighted by Crippen LogP contribution is 2.56. The third-order valence-corrected chi connectivity index (χ3v) is 11.0. The number of aliphatic carboxylic acids is 1. The van der Waals surface area contributed by atoms with Gasteiger partial charge in [0.15, 0.2) is 0 Å². The van der Waals surface area contributed by atoms with E-state index >= 15 is 4.39 Å². The van der Waals surface area contributed by atoms with E-state index in [9.17, 15) is 9.90 Å². The molecule has 6 nitrogen and oxygen atoms in total. The summed E-state index contributed by atoms with van der Waals surface area (Å²) >= 11 is 6.23. The SMILES string of the molecule is COCc1cc2c(cc1F)C[C@H](C[C@@H](C)COc1ccnc3c1[C@H](C)CCC3)C21CCC(Nc2cccc(Cl)c2)(C(=O)O)CC1. The van der Waals surface area contributed by atoms with Gasteiger partial charge in [-0.05, 0) is 128 Å². The summed E-state index contributed by atoms with van der Waals surface area (Å²) in [4.78, 5) is 17.4. The lowest BCUT2D eigenvalue weighted by Gasteiger charge is -2.47. The van der Waals surface area contributed by atoms with Gasteiger partial charge in [-0.2, -0.15) is 0 Å². The lowest BCUT2D eigenvalue weighted by Crippen LogP contribution is -2.53. The van der Waals surface area contributed by atoms with Crippen molar-refractivity contribution in [3.63, 3.8) is 0 Å². The van der Waals surface area contributed by atoms with E-state index in [4.69, 9.17) is 21.1 Å². The van der Waals surface area contributed by atoms with Gasteiger partial charge >= 0.3 is 5.97 Å². The molecule has 0 bridgehead atoms. The zero-order chi connectivity index (χ0) is 31.8. The van der Waals surface area contributed by atoms with Crippen LogP contribution >= 0.6 is 11.6 Å². The molecular weight excluding hydrogens is 591 g/mol. The van der Waals surface area contributed by atoms with Crippen molar-refractivity contribution in [3.8, 4) is 5.75 Å². The molecular formula is C37H44ClFN2O4. The van der Waals surface area contributed by atoms with Gasteiger partial charge in [0.1, 0.15) is 17.1 Å². The van der Waals surface area contributed by atoms with E-state index in [-0.39, 0.29) is 29.7 Å². The van der Waals surface area contributed by atoms with Crippen LogP contribution in [0.15, 0.2) is 48.7 Å². The van der Waals surface area contributed by atoms with Gasteiger partial charge in [-0.3, -0.25) is 4.98 Å². The fraction of sp³-hybridized carbons (Fsp3) is 0.514. The first kappa shape index (κ1) is 31.8. The number of halogens is 2. The van der Waals surface area contributed by atoms with Crippen molar-refractivity contribution in [2.24, 2.45) is 11.8 Å². The summed E-state index contributed by atoms with van der Waals surface area (Å²) in [5, 5.41) is 14.4. The van der Waals surface area contributed by atoms with E-state index in [2.05, 4.69) is 24.1 Å². The van der Waals surface area contributed by atoms with E-state index in [0.717, 1.165) is 54.7 Å². The van der Waals surface area contributed by atoms with Gasteiger partial charge in [0.2, 0.25) is 0 Å². The van der Waals surface area contributed by atoms with Crippen LogP contribution in [0.1, 0.15) is 92.7 Å². The van der Waals surface area contributed by atoms with Crippen LogP contribution in [0.3, 0.4) is 0 Å². The minimum absolute atomic E-state index is 0.203. The van der Waals surface area contributed by atoms with Gasteiger partial charge < -0.3 is 19.9 Å². The molecule has 3 aromatic rings. The molecule has 1 aromatic heterocycles. The first-order valence-electron chi connectivity index (χ1n) is 16.3. The summed E-state index contributed by atoms with van der Waals surface area (Å²) < 4.78 is 27.0. The van der Waals surface area contributed by atoms with Crippen LogP contribution in [0.5, 0.6) is 5.75 Å². The number of anilines is 1. The number of nitrogens with one attached hydrogen (secondary N) is 1. The van der Waals surface area contributed by atoms with Crippen molar-refractivity contribution >= 4 is 23.3 Å². The van der Waals surface area contributed by atoms with Crippen LogP contribution in [-0.4, -0.2) is 35.3 Å². The van der Waals surface area contributed by atoms with Crippen molar-refractivity contribution in [2.75, 3.05) is 19.0 Å². The highest BCUT2D eigenvalue weighted by atomic mass is 35.5. The lowest BCUT2D eigenvalue weighted by molar-refractivity contribution is -0.144. The van der Waals surface area contributed by atoms with Gasteiger partial charge in [-0.15, -0.1) is 0 Å². The smallest absolute Gasteiger partial charge is 0.329 e. The Labute approximate surface area is 270 Å². The van der Waals surface area contributed by atoms with Gasteiger partial charge in [-0.1, -0.05) is 31.5 Å². The maximum Gasteiger partial charge on any atom is 0.329 e. The second-order valence-electron chi connectivity index (χ2n) is 13.7. The molecule has 0 saturated heterocycles. The van der Waals surface area contributed by atoms with Crippen molar-refractivity contribution in [3.05, 3.63) is 87.4 Å². The monoisotopic (exact) mass is 634 g/mol. The maximum atomic E-state index is 15.2. The number of aryl methyl sites for hydroxylation is 1. The number of aromatic nitrogens is 1. The van der Waals surface area contributed by atoms with Crippen molar-refractivity contribution < 1.29 is 23.8 Å². The van der Waals surface area contributed by atoms with Crippen LogP contribution in [0, 0.1) is 17.7 Å². The number of nitrogens with zero attached hydrogens (tertiary/aromatic N) is 1. The van der Waals surface area contributed by atoms with E-state index in [1.54, 1.807) is 25.3 Å². The molecule has 0 radical (unpaired) electrons. The average molecular weight is 635 g/mol. The van der Waals surface area contributed by atoms with Gasteiger partial charge in [0.25, 0.3) is 0 Å². The number of benzene rings is 2. The number of ether oxygens (including phenoxy) is 2. The number of pyridine rings is 1. The first-order valence-corrected chi connectivity index (χ1v) is 16.7. The third-order valence-electron chi connectivity index (χ3n) is 10.8. The number of hydrogen-bond donors (Lipinski definition) is 2. The molecule has 2 N–H and O–H groups in total. The number of carboxylic acid groups (broad SMARTS) is 1. The molecule has 1 heterocycles. The number of rotatable bonds is 10. The van der Waals surface area contributed by atoms with E-state index in [0.29, 0.717) is 54.5 Å². The van der Waals surface area contributed by atoms with Crippen LogP contribution < -0.4 is 10.1 Å². The molecule has 3 aliphatic carbocycles. The van der Waals surface area contributed by atoms with E-state index in [1.165, 1.54) is 5.56 Å². The third kappa shape index (κ3) is 6.18. The standard InChI is InChI=1S/C37H44ClFN2O4/c1-23(21-45-33-10-15-40-32-9-4-6-24(2)34(32)33)16-27-17-25-19-31(39)26(22-44-3)18-30(25)36(27)11-13-37(14-12-36,35(42)43)41-29-8-5-7-28(38)20-29/h5,7-8,10,15,18-20,23-24,27,41H,4,6,9,11-14,16-17,21-22H2,1-3H3,(H,42,43)/t23-,24-,27+,36?,37?/m1/s1. The Morgan fingerprint density at radius 1 is 1.20 bits per heavy atom. The molecule has 3 aliphatic rings. The molecule has 8 heteroatoms. The molecule has 0 aliphatic heterocycles. The molecule has 6 rings (SSSR count). The summed E-state index contributed by atoms with van der Waals surface area (Å²) in [5.41, 5.74) is 4.51. The second kappa shape index (κ2) is 12.9. The number of carbonyl (C=O) groups is 1. The first-order chi connectivity index (χ1) is 21.6. The molecule has 45 heavy (non-hydrogen) atoms. The molecule has 240 valence electrons. The molecule has 1 spiro atoms. The summed E-state index contributed by atoms with van der Waals surface area (Å²) in [6, 6.07) is 12.9. The van der Waals surface area contributed by atoms with Crippen molar-refractivity contribution in [1.29, 1.82) is 0 Å². The largest absolute Gasteiger partial charge is 0.493 e. The Hall–Kier alpha value is -3.16. The van der Waals surface area contributed by atoms with E-state index in [1.807, 2.05) is 30.5 Å². The number of carboxylic acids is 1. The average Bonchev–Trinajstić information content (AvgIpc) is 3.28. The number of methoxy groups -OCH3 is 1. The molecule has 3 atom stereocenters. The predicted molar refractivity (Wildman–Crippen MR) is 175 cm³/mol. The van der Waals surface area contributed by atoms with E-state index < -0.39 is 11.5 Å². The topological polar surface area (TPSA) is 80.7 Å². The van der Waals surface area contributed by atoms with Crippen molar-refractivity contribution in [2.45, 2.75) is 95.1 Å². The highest BCUT2D eigenvalue weighted by molar-refractivity contribution is 6.30. The molecule has 1 saturated carbocycles. The minimum atomic E-state index is -1.11. The fourth-order valence-corrected chi connectivity index (χ4v) is 8.63. The zero-order valence-electron chi connectivity index (χ0n) is 26.5. The summed E-state index contributed by atoms with van der Waals surface area (Å²) in [5.74, 6) is 0.787. The Morgan fingerprint density at radius 3 is 2.73 bits per heavy atom. The maximum absolute atomic E-state index is 15.2. The van der Waals surface area contributed by atoms with Gasteiger partial charge in [-0.25, -0.2) is 9.18 Å². The Bertz CT molecular complexity index is 1550. The number of fused-ring (bicyclic) bond motifs is 3. The quantitative estimate of drug-likeness (QED) is 0.233. The Kier molecular flexibility index (Phi) is 9.13. The van der Waals surface area contributed by atoms with Crippen LogP contribution in [0.25, 0.3) is 0 Å². The summed E-state index contributed by atoms with van der Waals surface area (Å²) in [7, 11) is 1.58. The zero-order valence-corrected chi connectivity index (χ0v) is 27.3. The molecule has 1 fully saturated rings. The fourth-order valence-electron chi connectivity index (χ4n) is 8.44. The summed E-state index contributed by atoms with van der Waals surface area (Å²) in [6.45, 7) is 5.28. The highest BCUT2D eigenvalue weighted by Gasteiger charge is 2.54. The lowest BCUT2D eigenvalue weighted by atomic mass is 9.59.